The lowest BCUT2D eigenvalue weighted by Gasteiger charge is -2.53. The molecule has 0 saturated carbocycles. The van der Waals surface area contributed by atoms with Crippen LogP contribution in [0, 0.1) is 12.3 Å². The Morgan fingerprint density at radius 3 is 2.37 bits per heavy atom. The maximum atomic E-state index is 13.0. The highest BCUT2D eigenvalue weighted by Gasteiger charge is 2.59. The molecule has 0 unspecified atom stereocenters. The van der Waals surface area contributed by atoms with Crippen molar-refractivity contribution in [3.63, 3.8) is 0 Å². The van der Waals surface area contributed by atoms with Crippen molar-refractivity contribution in [2.24, 2.45) is 5.41 Å². The van der Waals surface area contributed by atoms with Gasteiger partial charge in [-0.3, -0.25) is 9.69 Å². The van der Waals surface area contributed by atoms with Gasteiger partial charge in [0, 0.05) is 30.3 Å². The van der Waals surface area contributed by atoms with Crippen LogP contribution in [0.2, 0.25) is 0 Å². The lowest BCUT2D eigenvalue weighted by molar-refractivity contribution is -0.0980. The number of carbonyl (C=O) groups is 2. The average molecular weight is 519 g/mol. The fourth-order valence-corrected chi connectivity index (χ4v) is 6.57. The number of aromatic nitrogens is 2. The Bertz CT molecular complexity index is 1330. The predicted octanol–water partition coefficient (Wildman–Crippen LogP) is 5.70. The molecule has 5 rings (SSSR count). The molecule has 3 aliphatic rings. The van der Waals surface area contributed by atoms with Crippen LogP contribution in [0.3, 0.4) is 0 Å². The minimum atomic E-state index is -1.18. The summed E-state index contributed by atoms with van der Waals surface area (Å²) in [6, 6.07) is 5.79. The maximum Gasteiger partial charge on any atom is 0.410 e. The van der Waals surface area contributed by atoms with Gasteiger partial charge in [0.25, 0.3) is 5.91 Å². The number of amides is 2. The van der Waals surface area contributed by atoms with Gasteiger partial charge in [-0.05, 0) is 68.7 Å². The van der Waals surface area contributed by atoms with E-state index in [4.69, 9.17) is 4.74 Å². The zero-order valence-corrected chi connectivity index (χ0v) is 23.1. The lowest BCUT2D eigenvalue weighted by atomic mass is 9.70. The number of hydrogen-bond donors (Lipinski definition) is 3. The molecule has 1 aromatic heterocycles. The van der Waals surface area contributed by atoms with Gasteiger partial charge in [-0.25, -0.2) is 9.78 Å². The van der Waals surface area contributed by atoms with Crippen molar-refractivity contribution in [1.82, 2.24) is 14.9 Å². The van der Waals surface area contributed by atoms with E-state index in [-0.39, 0.29) is 17.1 Å². The summed E-state index contributed by atoms with van der Waals surface area (Å²) in [7, 11) is 1.39. The van der Waals surface area contributed by atoms with Crippen molar-refractivity contribution in [3.8, 4) is 0 Å². The van der Waals surface area contributed by atoms with E-state index >= 15 is 0 Å². The number of allylic oxidation sites excluding steroid dienone is 2. The number of H-pyrrole nitrogens is 1. The second kappa shape index (κ2) is 8.83. The molecule has 2 aromatic rings. The summed E-state index contributed by atoms with van der Waals surface area (Å²) >= 11 is 0. The molecule has 1 aliphatic carbocycles. The highest BCUT2D eigenvalue weighted by molar-refractivity contribution is 6.03. The first-order valence-electron chi connectivity index (χ1n) is 13.3. The van der Waals surface area contributed by atoms with E-state index in [0.29, 0.717) is 18.5 Å². The fraction of sp³-hybridized carbons (Fsp3) is 0.500. The Hall–Kier alpha value is -3.39. The lowest BCUT2D eigenvalue weighted by Crippen LogP contribution is -2.63. The summed E-state index contributed by atoms with van der Waals surface area (Å²) in [5, 5.41) is 15.2. The molecular formula is C30H38N4O4. The summed E-state index contributed by atoms with van der Waals surface area (Å²) in [5.74, 6) is -0.0511. The summed E-state index contributed by atoms with van der Waals surface area (Å²) in [6.45, 7) is 10.3. The zero-order chi connectivity index (χ0) is 27.5. The van der Waals surface area contributed by atoms with E-state index in [9.17, 15) is 14.7 Å². The van der Waals surface area contributed by atoms with Crippen molar-refractivity contribution < 1.29 is 19.4 Å². The number of piperidine rings is 1. The molecule has 202 valence electrons. The average Bonchev–Trinajstić information content (AvgIpc) is 3.36. The van der Waals surface area contributed by atoms with Gasteiger partial charge >= 0.3 is 6.09 Å². The van der Waals surface area contributed by atoms with Crippen LogP contribution in [0.5, 0.6) is 0 Å². The molecule has 8 nitrogen and oxygen atoms in total. The monoisotopic (exact) mass is 518 g/mol. The number of aromatic amines is 1. The largest absolute Gasteiger partial charge is 0.453 e. The van der Waals surface area contributed by atoms with E-state index in [0.717, 1.165) is 41.7 Å². The minimum absolute atomic E-state index is 0.225. The van der Waals surface area contributed by atoms with Crippen LogP contribution in [0.1, 0.15) is 87.2 Å². The summed E-state index contributed by atoms with van der Waals surface area (Å²) < 4.78 is 5.09. The number of fused-ring (bicyclic) bond motifs is 2. The Morgan fingerprint density at radius 1 is 1.13 bits per heavy atom. The minimum Gasteiger partial charge on any atom is -0.453 e. The first-order chi connectivity index (χ1) is 17.8. The Kier molecular flexibility index (Phi) is 6.10. The van der Waals surface area contributed by atoms with Crippen molar-refractivity contribution in [1.29, 1.82) is 0 Å². The molecule has 1 saturated heterocycles. The number of nitrogens with zero attached hydrogens (tertiary/aromatic N) is 2. The first-order valence-corrected chi connectivity index (χ1v) is 13.3. The van der Waals surface area contributed by atoms with E-state index < -0.39 is 22.8 Å². The van der Waals surface area contributed by atoms with Crippen LogP contribution in [-0.2, 0) is 10.3 Å². The number of rotatable bonds is 4. The molecule has 1 fully saturated rings. The third-order valence-corrected chi connectivity index (χ3v) is 8.53. The second-order valence-electron chi connectivity index (χ2n) is 12.4. The number of carbonyl (C=O) groups excluding carboxylic acids is 2. The molecule has 0 radical (unpaired) electrons. The van der Waals surface area contributed by atoms with Gasteiger partial charge in [-0.2, -0.15) is 0 Å². The molecule has 0 spiro atoms. The van der Waals surface area contributed by atoms with Gasteiger partial charge in [0.1, 0.15) is 0 Å². The molecule has 2 bridgehead atoms. The van der Waals surface area contributed by atoms with Crippen LogP contribution in [0.25, 0.3) is 5.57 Å². The van der Waals surface area contributed by atoms with Crippen molar-refractivity contribution >= 4 is 23.3 Å². The highest BCUT2D eigenvalue weighted by Crippen LogP contribution is 2.54. The van der Waals surface area contributed by atoms with Crippen LogP contribution in [0.15, 0.2) is 42.6 Å². The molecule has 3 atom stereocenters. The highest BCUT2D eigenvalue weighted by atomic mass is 16.5. The smallest absolute Gasteiger partial charge is 0.410 e. The Labute approximate surface area is 224 Å². The third kappa shape index (κ3) is 4.45. The third-order valence-electron chi connectivity index (χ3n) is 8.53. The number of benzene rings is 1. The van der Waals surface area contributed by atoms with E-state index in [1.807, 2.05) is 51.1 Å². The summed E-state index contributed by atoms with van der Waals surface area (Å²) in [5.41, 5.74) is 1.95. The van der Waals surface area contributed by atoms with Crippen LogP contribution in [-0.4, -0.2) is 50.2 Å². The molecule has 3 N–H and O–H groups in total. The van der Waals surface area contributed by atoms with Crippen molar-refractivity contribution in [3.05, 3.63) is 65.3 Å². The predicted molar refractivity (Wildman–Crippen MR) is 147 cm³/mol. The van der Waals surface area contributed by atoms with Crippen molar-refractivity contribution in [2.75, 3.05) is 12.4 Å². The molecule has 8 heteroatoms. The van der Waals surface area contributed by atoms with Crippen LogP contribution >= 0.6 is 0 Å². The van der Waals surface area contributed by atoms with Gasteiger partial charge in [0.05, 0.1) is 29.5 Å². The number of ether oxygens (including phenoxy) is 1. The SMILES string of the molecule is COC(=O)N1[C@@]2(C)C=C[C@]1(C)C[C@@](O)(c1ccc(NC(=O)c3nc(C)c[nH]3)c(C3=CCC(C)(C)CC3)c1)C2. The van der Waals surface area contributed by atoms with E-state index in [1.54, 1.807) is 11.1 Å². The first kappa shape index (κ1) is 26.2. The number of aryl methyl sites for hydroxylation is 1. The number of nitrogens with one attached hydrogen (secondary N) is 2. The molecule has 38 heavy (non-hydrogen) atoms. The van der Waals surface area contributed by atoms with Gasteiger partial charge in [-0.15, -0.1) is 0 Å². The summed E-state index contributed by atoms with van der Waals surface area (Å²) in [4.78, 5) is 34.6. The molecule has 2 amide bonds. The maximum absolute atomic E-state index is 13.0. The standard InChI is InChI=1S/C30H38N4O4/c1-19-16-31-24(32-19)25(35)33-23-8-7-21(15-22(23)20-9-11-27(2,3)12-10-20)30(37)17-28(4)13-14-29(5,18-30)34(28)26(36)38-6/h7-9,13-16,37H,10-12,17-18H2,1-6H3,(H,31,32)(H,33,35)/t28-,29+,30+. The Balaban J connectivity index is 1.53. The summed E-state index contributed by atoms with van der Waals surface area (Å²) in [6.07, 6.45) is 11.1. The van der Waals surface area contributed by atoms with Gasteiger partial charge in [-0.1, -0.05) is 38.1 Å². The quantitative estimate of drug-likeness (QED) is 0.450. The van der Waals surface area contributed by atoms with Crippen LogP contribution in [0.4, 0.5) is 10.5 Å². The Morgan fingerprint density at radius 2 is 1.82 bits per heavy atom. The number of hydrogen-bond acceptors (Lipinski definition) is 5. The van der Waals surface area contributed by atoms with Crippen LogP contribution < -0.4 is 5.32 Å². The zero-order valence-electron chi connectivity index (χ0n) is 23.1. The molecular weight excluding hydrogens is 480 g/mol. The normalized spacial score (nSPS) is 29.7. The fourth-order valence-electron chi connectivity index (χ4n) is 6.57. The number of imidazole rings is 1. The molecule has 1 aromatic carbocycles. The van der Waals surface area contributed by atoms with E-state index in [1.165, 1.54) is 7.11 Å². The molecule has 2 aliphatic heterocycles. The number of anilines is 1. The van der Waals surface area contributed by atoms with Gasteiger partial charge in [0.2, 0.25) is 0 Å². The van der Waals surface area contributed by atoms with Gasteiger partial charge in [0.15, 0.2) is 5.82 Å². The second-order valence-corrected chi connectivity index (χ2v) is 12.4. The number of methoxy groups -OCH3 is 1. The number of aliphatic hydroxyl groups is 1. The topological polar surface area (TPSA) is 108 Å². The van der Waals surface area contributed by atoms with Crippen molar-refractivity contribution in [2.45, 2.75) is 83.4 Å². The molecule has 3 heterocycles. The van der Waals surface area contributed by atoms with E-state index in [2.05, 4.69) is 35.2 Å². The van der Waals surface area contributed by atoms with Gasteiger partial charge < -0.3 is 20.1 Å².